The summed E-state index contributed by atoms with van der Waals surface area (Å²) in [4.78, 5) is 4.52. The van der Waals surface area contributed by atoms with Gasteiger partial charge in [0, 0.05) is 12.3 Å². The third-order valence-corrected chi connectivity index (χ3v) is 4.70. The lowest BCUT2D eigenvalue weighted by molar-refractivity contribution is 0.00578. The largest absolute Gasteiger partial charge is 0.516 e. The fourth-order valence-electron chi connectivity index (χ4n) is 2.55. The first-order valence-electron chi connectivity index (χ1n) is 7.91. The van der Waals surface area contributed by atoms with Gasteiger partial charge in [0.15, 0.2) is 0 Å². The molecule has 1 aliphatic heterocycles. The summed E-state index contributed by atoms with van der Waals surface area (Å²) in [5, 5.41) is 0. The highest BCUT2D eigenvalue weighted by molar-refractivity contribution is 6.61. The lowest BCUT2D eigenvalue weighted by Gasteiger charge is -2.32. The van der Waals surface area contributed by atoms with Crippen molar-refractivity contribution in [1.29, 1.82) is 0 Å². The molecule has 0 aliphatic carbocycles. The Morgan fingerprint density at radius 1 is 1.04 bits per heavy atom. The molecular weight excluding hydrogens is 307 g/mol. The number of methoxy groups -OCH3 is 2. The van der Waals surface area contributed by atoms with E-state index in [1.54, 1.807) is 14.2 Å². The Kier molecular flexibility index (Phi) is 4.09. The van der Waals surface area contributed by atoms with Crippen molar-refractivity contribution in [2.75, 3.05) is 14.2 Å². The van der Waals surface area contributed by atoms with Crippen molar-refractivity contribution < 1.29 is 18.8 Å². The maximum absolute atomic E-state index is 6.07. The summed E-state index contributed by atoms with van der Waals surface area (Å²) in [6.07, 6.45) is 1.87. The van der Waals surface area contributed by atoms with E-state index in [-0.39, 0.29) is 0 Å². The van der Waals surface area contributed by atoms with Crippen molar-refractivity contribution in [2.24, 2.45) is 0 Å². The van der Waals surface area contributed by atoms with Crippen LogP contribution in [-0.4, -0.2) is 42.1 Å². The predicted molar refractivity (Wildman–Crippen MR) is 92.4 cm³/mol. The van der Waals surface area contributed by atoms with Crippen LogP contribution in [0.3, 0.4) is 0 Å². The highest BCUT2D eigenvalue weighted by atomic mass is 16.7. The fraction of sp³-hybridized carbons (Fsp3) is 0.471. The number of benzene rings is 1. The van der Waals surface area contributed by atoms with Gasteiger partial charge in [-0.05, 0) is 39.8 Å². The van der Waals surface area contributed by atoms with Gasteiger partial charge in [-0.3, -0.25) is 4.57 Å². The van der Waals surface area contributed by atoms with Crippen LogP contribution in [0, 0.1) is 0 Å². The molecular formula is C17H23BN2O4. The van der Waals surface area contributed by atoms with Crippen LogP contribution < -0.4 is 15.1 Å². The molecule has 6 nitrogen and oxygen atoms in total. The molecule has 7 heteroatoms. The third-order valence-electron chi connectivity index (χ3n) is 4.70. The van der Waals surface area contributed by atoms with Gasteiger partial charge in [-0.2, -0.15) is 0 Å². The smallest absolute Gasteiger partial charge is 0.497 e. The zero-order valence-electron chi connectivity index (χ0n) is 15.0. The van der Waals surface area contributed by atoms with Crippen molar-refractivity contribution in [3.8, 4) is 17.4 Å². The number of hydrogen-bond acceptors (Lipinski definition) is 5. The van der Waals surface area contributed by atoms with E-state index < -0.39 is 18.3 Å². The molecule has 24 heavy (non-hydrogen) atoms. The van der Waals surface area contributed by atoms with E-state index in [0.717, 1.165) is 11.4 Å². The van der Waals surface area contributed by atoms with Crippen LogP contribution >= 0.6 is 0 Å². The Labute approximate surface area is 142 Å². The molecule has 0 atom stereocenters. The highest BCUT2D eigenvalue weighted by Gasteiger charge is 2.52. The summed E-state index contributed by atoms with van der Waals surface area (Å²) in [6.45, 7) is 8.07. The van der Waals surface area contributed by atoms with Crippen molar-refractivity contribution in [3.63, 3.8) is 0 Å². The molecule has 0 N–H and O–H groups in total. The summed E-state index contributed by atoms with van der Waals surface area (Å²) < 4.78 is 24.7. The minimum atomic E-state index is -0.532. The minimum Gasteiger partial charge on any atom is -0.497 e. The van der Waals surface area contributed by atoms with E-state index >= 15 is 0 Å². The molecule has 1 saturated heterocycles. The zero-order valence-corrected chi connectivity index (χ0v) is 15.0. The maximum Gasteiger partial charge on any atom is 0.516 e. The van der Waals surface area contributed by atoms with Crippen LogP contribution in [0.25, 0.3) is 5.69 Å². The average Bonchev–Trinajstić information content (AvgIpc) is 3.06. The molecule has 3 rings (SSSR count). The Bertz CT molecular complexity index is 726. The minimum absolute atomic E-state index is 0.412. The highest BCUT2D eigenvalue weighted by Crippen LogP contribution is 2.36. The first-order chi connectivity index (χ1) is 11.3. The van der Waals surface area contributed by atoms with Gasteiger partial charge in [0.1, 0.15) is 5.75 Å². The second-order valence-electron chi connectivity index (χ2n) is 6.81. The van der Waals surface area contributed by atoms with Crippen LogP contribution in [0.4, 0.5) is 0 Å². The van der Waals surface area contributed by atoms with Crippen LogP contribution in [0.2, 0.25) is 0 Å². The predicted octanol–water partition coefficient (Wildman–Crippen LogP) is 2.19. The summed E-state index contributed by atoms with van der Waals surface area (Å²) >= 11 is 0. The second kappa shape index (κ2) is 5.83. The zero-order chi connectivity index (χ0) is 17.5. The van der Waals surface area contributed by atoms with Crippen molar-refractivity contribution in [1.82, 2.24) is 9.55 Å². The molecule has 128 valence electrons. The normalized spacial score (nSPS) is 18.7. The van der Waals surface area contributed by atoms with Gasteiger partial charge in [-0.15, -0.1) is 0 Å². The molecule has 1 aromatic heterocycles. The summed E-state index contributed by atoms with van der Waals surface area (Å²) in [6, 6.07) is 8.15. The molecule has 0 radical (unpaired) electrons. The maximum atomic E-state index is 6.07. The van der Waals surface area contributed by atoms with Crippen molar-refractivity contribution in [2.45, 2.75) is 38.9 Å². The number of nitrogens with zero attached hydrogens (tertiary/aromatic N) is 2. The van der Waals surface area contributed by atoms with Gasteiger partial charge >= 0.3 is 7.12 Å². The van der Waals surface area contributed by atoms with E-state index in [4.69, 9.17) is 18.8 Å². The average molecular weight is 330 g/mol. The summed E-state index contributed by atoms with van der Waals surface area (Å²) in [5.41, 5.74) is 0.741. The third kappa shape index (κ3) is 2.78. The topological polar surface area (TPSA) is 54.7 Å². The number of ether oxygens (including phenoxy) is 2. The standard InChI is InChI=1S/C17H23BN2O4/c1-16(2)17(3,4)24-18(23-16)14-11-20(15(19-14)22-6)12-8-7-9-13(10-12)21-5/h7-11H,1-6H3. The molecule has 0 amide bonds. The van der Waals surface area contributed by atoms with Gasteiger partial charge in [-0.1, -0.05) is 6.07 Å². The van der Waals surface area contributed by atoms with E-state index in [9.17, 15) is 0 Å². The molecule has 2 aromatic rings. The lowest BCUT2D eigenvalue weighted by atomic mass is 9.86. The van der Waals surface area contributed by atoms with Crippen molar-refractivity contribution in [3.05, 3.63) is 30.5 Å². The van der Waals surface area contributed by atoms with E-state index in [2.05, 4.69) is 4.98 Å². The molecule has 0 unspecified atom stereocenters. The molecule has 1 fully saturated rings. The SMILES string of the molecule is COc1cccc(-n2cc(B3OC(C)(C)C(C)(C)O3)nc2OC)c1. The van der Waals surface area contributed by atoms with Gasteiger partial charge in [0.25, 0.3) is 6.01 Å². The number of rotatable bonds is 4. The van der Waals surface area contributed by atoms with Gasteiger partial charge in [-0.25, -0.2) is 4.98 Å². The number of imidazole rings is 1. The molecule has 2 heterocycles. The van der Waals surface area contributed by atoms with Crippen LogP contribution in [0.15, 0.2) is 30.5 Å². The Morgan fingerprint density at radius 2 is 1.71 bits per heavy atom. The first-order valence-corrected chi connectivity index (χ1v) is 7.91. The van der Waals surface area contributed by atoms with E-state index in [0.29, 0.717) is 11.6 Å². The monoisotopic (exact) mass is 330 g/mol. The van der Waals surface area contributed by atoms with Gasteiger partial charge < -0.3 is 18.8 Å². The van der Waals surface area contributed by atoms with Gasteiger partial charge in [0.2, 0.25) is 0 Å². The first kappa shape index (κ1) is 16.9. The quantitative estimate of drug-likeness (QED) is 0.805. The molecule has 1 aliphatic rings. The van der Waals surface area contributed by atoms with E-state index in [1.165, 1.54) is 0 Å². The molecule has 0 bridgehead atoms. The van der Waals surface area contributed by atoms with E-state index in [1.807, 2.05) is 62.7 Å². The molecule has 1 aromatic carbocycles. The van der Waals surface area contributed by atoms with Crippen LogP contribution in [0.1, 0.15) is 27.7 Å². The Hall–Kier alpha value is -1.99. The number of aromatic nitrogens is 2. The summed E-state index contributed by atoms with van der Waals surface area (Å²) in [7, 11) is 2.70. The Balaban J connectivity index is 1.97. The Morgan fingerprint density at radius 3 is 2.29 bits per heavy atom. The van der Waals surface area contributed by atoms with Gasteiger partial charge in [0.05, 0.1) is 36.7 Å². The fourth-order valence-corrected chi connectivity index (χ4v) is 2.55. The molecule has 0 saturated carbocycles. The molecule has 0 spiro atoms. The lowest BCUT2D eigenvalue weighted by Crippen LogP contribution is -2.41. The summed E-state index contributed by atoms with van der Waals surface area (Å²) in [5.74, 6) is 0.764. The van der Waals surface area contributed by atoms with Crippen LogP contribution in [-0.2, 0) is 9.31 Å². The number of hydrogen-bond donors (Lipinski definition) is 0. The second-order valence-corrected chi connectivity index (χ2v) is 6.81. The van der Waals surface area contributed by atoms with Crippen LogP contribution in [0.5, 0.6) is 11.8 Å². The van der Waals surface area contributed by atoms with Crippen molar-refractivity contribution >= 4 is 12.7 Å².